The maximum Gasteiger partial charge on any atom is 0.293 e. The number of aromatic nitrogens is 3. The van der Waals surface area contributed by atoms with Crippen molar-refractivity contribution in [3.8, 4) is 5.69 Å². The first-order valence-electron chi connectivity index (χ1n) is 7.70. The first-order chi connectivity index (χ1) is 11.5. The van der Waals surface area contributed by atoms with Crippen LogP contribution in [0.2, 0.25) is 5.02 Å². The molecule has 1 aliphatic rings. The van der Waals surface area contributed by atoms with E-state index >= 15 is 0 Å². The molecule has 1 saturated heterocycles. The number of rotatable bonds is 2. The summed E-state index contributed by atoms with van der Waals surface area (Å²) in [5, 5.41) is 4.86. The lowest BCUT2D eigenvalue weighted by Crippen LogP contribution is -2.50. The van der Waals surface area contributed by atoms with Gasteiger partial charge in [-0.2, -0.15) is 0 Å². The predicted octanol–water partition coefficient (Wildman–Crippen LogP) is 1.53. The second-order valence-electron chi connectivity index (χ2n) is 5.64. The Bertz CT molecular complexity index is 781. The number of nitrogens with zero attached hydrogens (tertiary/aromatic N) is 5. The maximum absolute atomic E-state index is 12.6. The van der Waals surface area contributed by atoms with Crippen LogP contribution in [0, 0.1) is 6.92 Å². The Morgan fingerprint density at radius 3 is 2.33 bits per heavy atom. The highest BCUT2D eigenvalue weighted by Crippen LogP contribution is 2.20. The molecule has 24 heavy (non-hydrogen) atoms. The minimum atomic E-state index is -0.230. The van der Waals surface area contributed by atoms with E-state index in [-0.39, 0.29) is 17.6 Å². The third kappa shape index (κ3) is 3.12. The van der Waals surface area contributed by atoms with Crippen LogP contribution in [0.25, 0.3) is 5.69 Å². The fourth-order valence-electron chi connectivity index (χ4n) is 2.70. The molecule has 0 radical (unpaired) electrons. The van der Waals surface area contributed by atoms with Gasteiger partial charge in [0.2, 0.25) is 11.7 Å². The molecule has 0 spiro atoms. The van der Waals surface area contributed by atoms with Gasteiger partial charge in [0, 0.05) is 33.1 Å². The topological polar surface area (TPSA) is 71.3 Å². The fraction of sp³-hybridized carbons (Fsp3) is 0.375. The molecule has 1 aliphatic heterocycles. The van der Waals surface area contributed by atoms with Crippen molar-refractivity contribution < 1.29 is 9.59 Å². The van der Waals surface area contributed by atoms with Crippen molar-refractivity contribution >= 4 is 23.4 Å². The number of carbonyl (C=O) groups excluding carboxylic acids is 2. The van der Waals surface area contributed by atoms with Crippen molar-refractivity contribution in [3.05, 3.63) is 40.9 Å². The van der Waals surface area contributed by atoms with E-state index in [0.717, 1.165) is 0 Å². The van der Waals surface area contributed by atoms with Gasteiger partial charge in [-0.15, -0.1) is 5.10 Å². The van der Waals surface area contributed by atoms with Crippen LogP contribution in [0.3, 0.4) is 0 Å². The van der Waals surface area contributed by atoms with Crippen LogP contribution in [0.15, 0.2) is 24.3 Å². The van der Waals surface area contributed by atoms with Gasteiger partial charge in [0.15, 0.2) is 0 Å². The van der Waals surface area contributed by atoms with Gasteiger partial charge in [-0.1, -0.05) is 23.7 Å². The summed E-state index contributed by atoms with van der Waals surface area (Å²) in [6, 6.07) is 7.27. The molecule has 126 valence electrons. The van der Waals surface area contributed by atoms with Gasteiger partial charge in [-0.3, -0.25) is 9.59 Å². The lowest BCUT2D eigenvalue weighted by molar-refractivity contribution is -0.130. The van der Waals surface area contributed by atoms with Crippen LogP contribution in [0.4, 0.5) is 0 Å². The molecular weight excluding hydrogens is 330 g/mol. The number of hydrogen-bond donors (Lipinski definition) is 0. The smallest absolute Gasteiger partial charge is 0.293 e. The normalized spacial score (nSPS) is 14.8. The van der Waals surface area contributed by atoms with E-state index in [0.29, 0.717) is 42.7 Å². The molecule has 1 aromatic carbocycles. The second kappa shape index (κ2) is 6.60. The highest BCUT2D eigenvalue weighted by atomic mass is 35.5. The van der Waals surface area contributed by atoms with Gasteiger partial charge >= 0.3 is 0 Å². The SMILES string of the molecule is CC(=O)N1CCN(C(=O)c2nc(C)n(-c3ccccc3Cl)n2)CC1. The minimum absolute atomic E-state index is 0.0269. The molecule has 0 atom stereocenters. The Morgan fingerprint density at radius 2 is 1.71 bits per heavy atom. The Kier molecular flexibility index (Phi) is 4.53. The molecule has 0 saturated carbocycles. The molecule has 0 unspecified atom stereocenters. The highest BCUT2D eigenvalue weighted by Gasteiger charge is 2.26. The summed E-state index contributed by atoms with van der Waals surface area (Å²) < 4.78 is 1.57. The zero-order chi connectivity index (χ0) is 17.3. The third-order valence-electron chi connectivity index (χ3n) is 4.05. The molecule has 2 aromatic rings. The van der Waals surface area contributed by atoms with Crippen molar-refractivity contribution in [1.29, 1.82) is 0 Å². The number of halogens is 1. The van der Waals surface area contributed by atoms with E-state index in [9.17, 15) is 9.59 Å². The summed E-state index contributed by atoms with van der Waals surface area (Å²) in [5.41, 5.74) is 0.685. The highest BCUT2D eigenvalue weighted by molar-refractivity contribution is 6.32. The van der Waals surface area contributed by atoms with Gasteiger partial charge in [0.25, 0.3) is 5.91 Å². The standard InChI is InChI=1S/C16H18ClN5O2/c1-11-18-15(19-22(11)14-6-4-3-5-13(14)17)16(24)21-9-7-20(8-10-21)12(2)23/h3-6H,7-10H2,1-2H3. The number of carbonyl (C=O) groups is 2. The van der Waals surface area contributed by atoms with Gasteiger partial charge in [0.05, 0.1) is 10.7 Å². The summed E-state index contributed by atoms with van der Waals surface area (Å²) in [5.74, 6) is 0.531. The average molecular weight is 348 g/mol. The lowest BCUT2D eigenvalue weighted by Gasteiger charge is -2.33. The second-order valence-corrected chi connectivity index (χ2v) is 6.05. The van der Waals surface area contributed by atoms with Crippen LogP contribution >= 0.6 is 11.6 Å². The Labute approximate surface area is 144 Å². The molecule has 7 nitrogen and oxygen atoms in total. The van der Waals surface area contributed by atoms with E-state index in [1.807, 2.05) is 18.2 Å². The minimum Gasteiger partial charge on any atom is -0.339 e. The van der Waals surface area contributed by atoms with E-state index in [4.69, 9.17) is 11.6 Å². The predicted molar refractivity (Wildman–Crippen MR) is 89.3 cm³/mol. The van der Waals surface area contributed by atoms with Gasteiger partial charge in [0.1, 0.15) is 5.82 Å². The van der Waals surface area contributed by atoms with Crippen LogP contribution < -0.4 is 0 Å². The molecule has 2 heterocycles. The van der Waals surface area contributed by atoms with Crippen molar-refractivity contribution in [1.82, 2.24) is 24.6 Å². The Balaban J connectivity index is 1.79. The van der Waals surface area contributed by atoms with Crippen LogP contribution in [0.5, 0.6) is 0 Å². The van der Waals surface area contributed by atoms with Crippen molar-refractivity contribution in [2.24, 2.45) is 0 Å². The fourth-order valence-corrected chi connectivity index (χ4v) is 2.91. The number of amides is 2. The number of piperazine rings is 1. The Morgan fingerprint density at radius 1 is 1.08 bits per heavy atom. The van der Waals surface area contributed by atoms with E-state index in [2.05, 4.69) is 10.1 Å². The number of para-hydroxylation sites is 1. The first kappa shape index (κ1) is 16.4. The molecule has 0 bridgehead atoms. The zero-order valence-corrected chi connectivity index (χ0v) is 14.3. The molecule has 8 heteroatoms. The number of hydrogen-bond acceptors (Lipinski definition) is 4. The molecule has 3 rings (SSSR count). The molecule has 0 aliphatic carbocycles. The van der Waals surface area contributed by atoms with E-state index in [1.165, 1.54) is 6.92 Å². The van der Waals surface area contributed by atoms with Crippen LogP contribution in [0.1, 0.15) is 23.4 Å². The Hall–Kier alpha value is -2.41. The zero-order valence-electron chi connectivity index (χ0n) is 13.6. The first-order valence-corrected chi connectivity index (χ1v) is 8.08. The summed E-state index contributed by atoms with van der Waals surface area (Å²) >= 11 is 6.19. The molecular formula is C16H18ClN5O2. The van der Waals surface area contributed by atoms with E-state index in [1.54, 1.807) is 27.5 Å². The number of benzene rings is 1. The average Bonchev–Trinajstić information content (AvgIpc) is 2.96. The monoisotopic (exact) mass is 347 g/mol. The van der Waals surface area contributed by atoms with Gasteiger partial charge in [-0.25, -0.2) is 9.67 Å². The lowest BCUT2D eigenvalue weighted by atomic mass is 10.3. The summed E-state index contributed by atoms with van der Waals surface area (Å²) in [4.78, 5) is 31.7. The van der Waals surface area contributed by atoms with Gasteiger partial charge in [-0.05, 0) is 19.1 Å². The van der Waals surface area contributed by atoms with Gasteiger partial charge < -0.3 is 9.80 Å². The summed E-state index contributed by atoms with van der Waals surface area (Å²) in [6.07, 6.45) is 0. The maximum atomic E-state index is 12.6. The third-order valence-corrected chi connectivity index (χ3v) is 4.37. The molecule has 2 amide bonds. The van der Waals surface area contributed by atoms with Crippen molar-refractivity contribution in [2.45, 2.75) is 13.8 Å². The van der Waals surface area contributed by atoms with Crippen molar-refractivity contribution in [3.63, 3.8) is 0 Å². The van der Waals surface area contributed by atoms with Crippen LogP contribution in [-0.2, 0) is 4.79 Å². The molecule has 0 N–H and O–H groups in total. The van der Waals surface area contributed by atoms with E-state index < -0.39 is 0 Å². The number of aryl methyl sites for hydroxylation is 1. The largest absolute Gasteiger partial charge is 0.339 e. The quantitative estimate of drug-likeness (QED) is 0.826. The molecule has 1 fully saturated rings. The van der Waals surface area contributed by atoms with Crippen LogP contribution in [-0.4, -0.2) is 62.6 Å². The summed E-state index contributed by atoms with van der Waals surface area (Å²) in [7, 11) is 0. The molecule has 1 aromatic heterocycles. The summed E-state index contributed by atoms with van der Waals surface area (Å²) in [6.45, 7) is 5.35. The van der Waals surface area contributed by atoms with Crippen molar-refractivity contribution in [2.75, 3.05) is 26.2 Å².